The molecule has 0 aliphatic heterocycles. The number of carbonyl (C=O) groups excluding carboxylic acids is 3. The molecule has 6 heteroatoms. The molecule has 1 heterocycles. The number of fused-ring (bicyclic) bond motifs is 2. The average Bonchev–Trinajstić information content (AvgIpc) is 3.16. The molecule has 1 aliphatic carbocycles. The molecule has 4 rings (SSSR count). The van der Waals surface area contributed by atoms with Crippen molar-refractivity contribution in [3.05, 3.63) is 70.9 Å². The number of benzene rings is 2. The lowest BCUT2D eigenvalue weighted by Crippen LogP contribution is -2.24. The maximum Gasteiger partial charge on any atom is 0.233 e. The van der Waals surface area contributed by atoms with Crippen molar-refractivity contribution in [1.29, 1.82) is 0 Å². The lowest BCUT2D eigenvalue weighted by Gasteiger charge is -2.24. The second kappa shape index (κ2) is 7.30. The molecule has 1 aromatic heterocycles. The van der Waals surface area contributed by atoms with Crippen LogP contribution in [0.25, 0.3) is 11.1 Å². The molecule has 0 N–H and O–H groups in total. The van der Waals surface area contributed by atoms with Crippen LogP contribution in [-0.4, -0.2) is 43.2 Å². The fraction of sp³-hybridized carbons (Fsp3) is 0.208. The molecule has 0 saturated heterocycles. The fourth-order valence-corrected chi connectivity index (χ4v) is 3.90. The first kappa shape index (κ1) is 19.6. The van der Waals surface area contributed by atoms with Crippen molar-refractivity contribution in [2.75, 3.05) is 26.1 Å². The highest BCUT2D eigenvalue weighted by atomic mass is 16.5. The molecule has 0 unspecified atom stereocenters. The van der Waals surface area contributed by atoms with Crippen LogP contribution < -0.4 is 9.64 Å². The molecule has 1 aliphatic rings. The van der Waals surface area contributed by atoms with Gasteiger partial charge >= 0.3 is 0 Å². The van der Waals surface area contributed by atoms with Gasteiger partial charge in [0.2, 0.25) is 17.6 Å². The van der Waals surface area contributed by atoms with Gasteiger partial charge < -0.3 is 9.64 Å². The second-order valence-corrected chi connectivity index (χ2v) is 7.38. The number of anilines is 1. The van der Waals surface area contributed by atoms with Gasteiger partial charge in [-0.2, -0.15) is 0 Å². The van der Waals surface area contributed by atoms with E-state index in [1.54, 1.807) is 13.0 Å². The Morgan fingerprint density at radius 1 is 0.967 bits per heavy atom. The Morgan fingerprint density at radius 3 is 2.27 bits per heavy atom. The predicted octanol–water partition coefficient (Wildman–Crippen LogP) is 4.06. The van der Waals surface area contributed by atoms with Crippen LogP contribution in [0, 0.1) is 0 Å². The fourth-order valence-electron chi connectivity index (χ4n) is 3.90. The van der Waals surface area contributed by atoms with Crippen LogP contribution in [0.5, 0.6) is 5.88 Å². The number of hydrogen-bond donors (Lipinski definition) is 0. The Labute approximate surface area is 174 Å². The zero-order valence-electron chi connectivity index (χ0n) is 17.4. The Balaban J connectivity index is 2.00. The molecule has 0 spiro atoms. The van der Waals surface area contributed by atoms with Gasteiger partial charge in [-0.15, -0.1) is 0 Å². The number of aromatic nitrogens is 1. The molecule has 0 fully saturated rings. The summed E-state index contributed by atoms with van der Waals surface area (Å²) < 4.78 is 6.65. The van der Waals surface area contributed by atoms with Crippen molar-refractivity contribution in [3.63, 3.8) is 0 Å². The summed E-state index contributed by atoms with van der Waals surface area (Å²) >= 11 is 0. The van der Waals surface area contributed by atoms with Crippen molar-refractivity contribution >= 4 is 23.2 Å². The summed E-state index contributed by atoms with van der Waals surface area (Å²) in [5.74, 6) is -0.745. The zero-order valence-corrected chi connectivity index (χ0v) is 17.4. The summed E-state index contributed by atoms with van der Waals surface area (Å²) in [6.07, 6.45) is 1.65. The predicted molar refractivity (Wildman–Crippen MR) is 115 cm³/mol. The van der Waals surface area contributed by atoms with Crippen LogP contribution in [0.3, 0.4) is 0 Å². The monoisotopic (exact) mass is 402 g/mol. The summed E-state index contributed by atoms with van der Waals surface area (Å²) in [6.45, 7) is 1.72. The molecule has 0 radical (unpaired) electrons. The Morgan fingerprint density at radius 2 is 1.67 bits per heavy atom. The summed E-state index contributed by atoms with van der Waals surface area (Å²) in [5, 5.41) is 0. The van der Waals surface area contributed by atoms with Gasteiger partial charge in [0.15, 0.2) is 5.78 Å². The highest BCUT2D eigenvalue weighted by Gasteiger charge is 2.38. The molecule has 0 bridgehead atoms. The quantitative estimate of drug-likeness (QED) is 0.515. The van der Waals surface area contributed by atoms with Gasteiger partial charge in [-0.25, -0.2) is 0 Å². The average molecular weight is 402 g/mol. The van der Waals surface area contributed by atoms with Gasteiger partial charge in [0.1, 0.15) is 0 Å². The van der Waals surface area contributed by atoms with E-state index >= 15 is 0 Å². The Hall–Kier alpha value is -3.67. The third-order valence-corrected chi connectivity index (χ3v) is 5.37. The molecule has 0 saturated carbocycles. The number of rotatable bonds is 4. The zero-order chi connectivity index (χ0) is 21.6. The van der Waals surface area contributed by atoms with E-state index in [0.717, 1.165) is 11.1 Å². The van der Waals surface area contributed by atoms with E-state index in [1.807, 2.05) is 55.4 Å². The maximum absolute atomic E-state index is 13.5. The topological polar surface area (TPSA) is 68.6 Å². The number of ketones is 2. The largest absolute Gasteiger partial charge is 0.481 e. The van der Waals surface area contributed by atoms with Crippen molar-refractivity contribution < 1.29 is 19.1 Å². The number of nitrogens with zero attached hydrogens (tertiary/aromatic N) is 2. The lowest BCUT2D eigenvalue weighted by atomic mass is 9.83. The molecular weight excluding hydrogens is 380 g/mol. The molecule has 2 aromatic carbocycles. The summed E-state index contributed by atoms with van der Waals surface area (Å²) in [6, 6.07) is 13.4. The number of ether oxygens (including phenoxy) is 1. The molecule has 30 heavy (non-hydrogen) atoms. The minimum atomic E-state index is -0.317. The van der Waals surface area contributed by atoms with Crippen LogP contribution in [0.15, 0.2) is 48.7 Å². The maximum atomic E-state index is 13.5. The standard InChI is InChI=1S/C24H22N2O4/c1-5-19(27)26-13-17-21(24(26)30-4)23(29)20-16(22(17)28)11-15(12-18(20)25(2)3)14-9-7-6-8-10-14/h6-13H,5H2,1-4H3. The van der Waals surface area contributed by atoms with Crippen LogP contribution in [-0.2, 0) is 0 Å². The second-order valence-electron chi connectivity index (χ2n) is 7.38. The minimum absolute atomic E-state index is 0.109. The smallest absolute Gasteiger partial charge is 0.233 e. The molecule has 6 nitrogen and oxygen atoms in total. The first-order chi connectivity index (χ1) is 14.4. The van der Waals surface area contributed by atoms with Gasteiger partial charge in [0, 0.05) is 38.0 Å². The summed E-state index contributed by atoms with van der Waals surface area (Å²) in [7, 11) is 5.06. The molecule has 152 valence electrons. The van der Waals surface area contributed by atoms with Gasteiger partial charge in [0.05, 0.1) is 23.8 Å². The molecule has 0 amide bonds. The number of carbonyl (C=O) groups is 3. The highest BCUT2D eigenvalue weighted by molar-refractivity contribution is 6.31. The summed E-state index contributed by atoms with van der Waals surface area (Å²) in [4.78, 5) is 41.2. The van der Waals surface area contributed by atoms with Gasteiger partial charge in [-0.1, -0.05) is 37.3 Å². The van der Waals surface area contributed by atoms with Crippen LogP contribution in [0.2, 0.25) is 0 Å². The summed E-state index contributed by atoms with van der Waals surface area (Å²) in [5.41, 5.74) is 3.45. The first-order valence-electron chi connectivity index (χ1n) is 9.71. The number of methoxy groups -OCH3 is 1. The van der Waals surface area contributed by atoms with Gasteiger partial charge in [-0.05, 0) is 23.3 Å². The van der Waals surface area contributed by atoms with Crippen LogP contribution in [0.4, 0.5) is 5.69 Å². The molecular formula is C24H22N2O4. The van der Waals surface area contributed by atoms with Crippen molar-refractivity contribution in [2.24, 2.45) is 0 Å². The van der Waals surface area contributed by atoms with E-state index in [2.05, 4.69) is 0 Å². The van der Waals surface area contributed by atoms with E-state index in [4.69, 9.17) is 4.74 Å². The molecule has 3 aromatic rings. The van der Waals surface area contributed by atoms with Crippen molar-refractivity contribution in [3.8, 4) is 17.0 Å². The van der Waals surface area contributed by atoms with Crippen LogP contribution >= 0.6 is 0 Å². The minimum Gasteiger partial charge on any atom is -0.481 e. The third-order valence-electron chi connectivity index (χ3n) is 5.37. The number of hydrogen-bond acceptors (Lipinski definition) is 5. The molecule has 0 atom stereocenters. The van der Waals surface area contributed by atoms with E-state index in [1.165, 1.54) is 17.9 Å². The van der Waals surface area contributed by atoms with E-state index in [-0.39, 0.29) is 40.9 Å². The lowest BCUT2D eigenvalue weighted by molar-refractivity contribution is 0.0898. The van der Waals surface area contributed by atoms with Gasteiger partial charge in [-0.3, -0.25) is 19.0 Å². The Bertz CT molecular complexity index is 1190. The van der Waals surface area contributed by atoms with Crippen molar-refractivity contribution in [2.45, 2.75) is 13.3 Å². The van der Waals surface area contributed by atoms with E-state index < -0.39 is 0 Å². The van der Waals surface area contributed by atoms with Gasteiger partial charge in [0.25, 0.3) is 0 Å². The highest BCUT2D eigenvalue weighted by Crippen LogP contribution is 2.40. The first-order valence-corrected chi connectivity index (χ1v) is 9.71. The normalized spacial score (nSPS) is 12.4. The Kier molecular flexibility index (Phi) is 4.78. The SMILES string of the molecule is CCC(=O)n1cc2c(c1OC)C(=O)c1c(cc(-c3ccccc3)cc1N(C)C)C2=O. The van der Waals surface area contributed by atoms with Crippen molar-refractivity contribution in [1.82, 2.24) is 4.57 Å². The van der Waals surface area contributed by atoms with Crippen LogP contribution in [0.1, 0.15) is 50.0 Å². The third kappa shape index (κ3) is 2.84. The van der Waals surface area contributed by atoms with E-state index in [9.17, 15) is 14.4 Å². The van der Waals surface area contributed by atoms with E-state index in [0.29, 0.717) is 16.8 Å².